The van der Waals surface area contributed by atoms with E-state index in [4.69, 9.17) is 0 Å². The highest BCUT2D eigenvalue weighted by Crippen LogP contribution is 2.43. The fourth-order valence-corrected chi connectivity index (χ4v) is 4.37. The zero-order chi connectivity index (χ0) is 15.8. The van der Waals surface area contributed by atoms with Gasteiger partial charge in [-0.3, -0.25) is 9.69 Å². The van der Waals surface area contributed by atoms with Crippen molar-refractivity contribution in [2.24, 2.45) is 17.8 Å². The molecule has 1 aliphatic heterocycles. The summed E-state index contributed by atoms with van der Waals surface area (Å²) in [5.74, 6) is 2.01. The second-order valence-electron chi connectivity index (χ2n) is 7.14. The molecule has 3 aliphatic rings. The lowest BCUT2D eigenvalue weighted by Gasteiger charge is -2.37. The Balaban J connectivity index is 1.30. The van der Waals surface area contributed by atoms with Gasteiger partial charge in [0.05, 0.1) is 0 Å². The Morgan fingerprint density at radius 3 is 2.61 bits per heavy atom. The molecule has 0 unspecified atom stereocenters. The van der Waals surface area contributed by atoms with Gasteiger partial charge in [-0.2, -0.15) is 0 Å². The molecule has 1 heterocycles. The number of allylic oxidation sites excluding steroid dienone is 2. The summed E-state index contributed by atoms with van der Waals surface area (Å²) in [6, 6.07) is 6.00. The normalized spacial score (nSPS) is 30.1. The molecule has 1 amide bonds. The van der Waals surface area contributed by atoms with Gasteiger partial charge in [-0.1, -0.05) is 18.2 Å². The van der Waals surface area contributed by atoms with E-state index in [0.29, 0.717) is 5.56 Å². The summed E-state index contributed by atoms with van der Waals surface area (Å²) in [6.45, 7) is 4.50. The minimum atomic E-state index is -0.348. The van der Waals surface area contributed by atoms with E-state index in [1.165, 1.54) is 25.0 Å². The van der Waals surface area contributed by atoms with Crippen molar-refractivity contribution < 1.29 is 9.18 Å². The van der Waals surface area contributed by atoms with Gasteiger partial charge in [0.2, 0.25) is 0 Å². The zero-order valence-electron chi connectivity index (χ0n) is 13.3. The van der Waals surface area contributed by atoms with Crippen LogP contribution in [0.5, 0.6) is 0 Å². The maximum atomic E-state index is 13.3. The van der Waals surface area contributed by atoms with Crippen LogP contribution < -0.4 is 0 Å². The molecule has 0 spiro atoms. The van der Waals surface area contributed by atoms with Crippen molar-refractivity contribution in [1.29, 1.82) is 0 Å². The van der Waals surface area contributed by atoms with Crippen molar-refractivity contribution in [3.63, 3.8) is 0 Å². The molecule has 0 N–H and O–H groups in total. The summed E-state index contributed by atoms with van der Waals surface area (Å²) < 4.78 is 13.3. The van der Waals surface area contributed by atoms with Crippen molar-refractivity contribution in [1.82, 2.24) is 9.80 Å². The largest absolute Gasteiger partial charge is 0.336 e. The molecule has 1 saturated carbocycles. The molecule has 1 aromatic rings. The van der Waals surface area contributed by atoms with E-state index < -0.39 is 0 Å². The van der Waals surface area contributed by atoms with E-state index in [1.807, 2.05) is 4.90 Å². The molecule has 1 saturated heterocycles. The lowest BCUT2D eigenvalue weighted by Crippen LogP contribution is -2.50. The lowest BCUT2D eigenvalue weighted by atomic mass is 9.93. The van der Waals surface area contributed by atoms with Crippen molar-refractivity contribution >= 4 is 5.91 Å². The van der Waals surface area contributed by atoms with E-state index >= 15 is 0 Å². The first kappa shape index (κ1) is 14.9. The molecule has 1 aromatic carbocycles. The Labute approximate surface area is 136 Å². The molecule has 2 bridgehead atoms. The molecule has 2 fully saturated rings. The third-order valence-electron chi connectivity index (χ3n) is 5.64. The molecule has 23 heavy (non-hydrogen) atoms. The van der Waals surface area contributed by atoms with Crippen molar-refractivity contribution in [3.8, 4) is 0 Å². The number of hydrogen-bond donors (Lipinski definition) is 0. The molecular weight excluding hydrogens is 291 g/mol. The van der Waals surface area contributed by atoms with Gasteiger partial charge in [-0.15, -0.1) is 0 Å². The summed E-state index contributed by atoms with van der Waals surface area (Å²) in [7, 11) is 0. The Morgan fingerprint density at radius 2 is 1.96 bits per heavy atom. The van der Waals surface area contributed by atoms with Gasteiger partial charge in [0.15, 0.2) is 0 Å². The van der Waals surface area contributed by atoms with E-state index in [1.54, 1.807) is 12.1 Å². The van der Waals surface area contributed by atoms with Gasteiger partial charge >= 0.3 is 0 Å². The average Bonchev–Trinajstić information content (AvgIpc) is 3.18. The first-order valence-electron chi connectivity index (χ1n) is 8.64. The molecule has 4 rings (SSSR count). The van der Waals surface area contributed by atoms with Crippen LogP contribution in [0.4, 0.5) is 4.39 Å². The maximum absolute atomic E-state index is 13.3. The summed E-state index contributed by atoms with van der Waals surface area (Å²) >= 11 is 0. The number of halogens is 1. The summed E-state index contributed by atoms with van der Waals surface area (Å²) in [5, 5.41) is 0. The second kappa shape index (κ2) is 6.08. The molecule has 0 aromatic heterocycles. The maximum Gasteiger partial charge on any atom is 0.254 e. The Kier molecular flexibility index (Phi) is 3.93. The monoisotopic (exact) mass is 314 g/mol. The van der Waals surface area contributed by atoms with Gasteiger partial charge in [-0.25, -0.2) is 4.39 Å². The summed E-state index contributed by atoms with van der Waals surface area (Å²) in [6.07, 6.45) is 7.48. The van der Waals surface area contributed by atoms with Crippen LogP contribution >= 0.6 is 0 Å². The third kappa shape index (κ3) is 3.05. The highest BCUT2D eigenvalue weighted by atomic mass is 19.1. The summed E-state index contributed by atoms with van der Waals surface area (Å²) in [5.41, 5.74) is 0.455. The molecule has 0 radical (unpaired) electrons. The standard InChI is InChI=1S/C19H23FN2O/c20-18-3-1-2-16(12-18)19(23)22-8-6-21(7-9-22)13-17-11-14-4-5-15(17)10-14/h1-5,12,14-15,17H,6-11,13H2/t14-,15-,17+/m1/s1. The highest BCUT2D eigenvalue weighted by molar-refractivity contribution is 5.94. The number of fused-ring (bicyclic) bond motifs is 2. The van der Waals surface area contributed by atoms with E-state index in [2.05, 4.69) is 17.1 Å². The molecule has 2 aliphatic carbocycles. The van der Waals surface area contributed by atoms with Gasteiger partial charge in [0.1, 0.15) is 5.82 Å². The number of carbonyl (C=O) groups is 1. The van der Waals surface area contributed by atoms with Crippen molar-refractivity contribution in [2.75, 3.05) is 32.7 Å². The SMILES string of the molecule is O=C(c1cccc(F)c1)N1CCN(C[C@@H]2C[C@@H]3C=C[C@@H]2C3)CC1. The van der Waals surface area contributed by atoms with Crippen LogP contribution in [-0.2, 0) is 0 Å². The van der Waals surface area contributed by atoms with E-state index in [-0.39, 0.29) is 11.7 Å². The third-order valence-corrected chi connectivity index (χ3v) is 5.64. The van der Waals surface area contributed by atoms with Crippen LogP contribution in [0.3, 0.4) is 0 Å². The first-order valence-corrected chi connectivity index (χ1v) is 8.64. The minimum Gasteiger partial charge on any atom is -0.336 e. The van der Waals surface area contributed by atoms with Crippen LogP contribution in [-0.4, -0.2) is 48.4 Å². The number of carbonyl (C=O) groups excluding carboxylic acids is 1. The minimum absolute atomic E-state index is 0.0491. The van der Waals surface area contributed by atoms with Crippen molar-refractivity contribution in [3.05, 3.63) is 47.8 Å². The second-order valence-corrected chi connectivity index (χ2v) is 7.14. The number of benzene rings is 1. The predicted molar refractivity (Wildman–Crippen MR) is 87.6 cm³/mol. The van der Waals surface area contributed by atoms with Gasteiger partial charge in [0, 0.05) is 38.3 Å². The van der Waals surface area contributed by atoms with Gasteiger partial charge in [-0.05, 0) is 48.8 Å². The molecule has 3 atom stereocenters. The number of nitrogens with zero attached hydrogens (tertiary/aromatic N) is 2. The number of piperazine rings is 1. The fourth-order valence-electron chi connectivity index (χ4n) is 4.37. The van der Waals surface area contributed by atoms with E-state index in [0.717, 1.165) is 50.5 Å². The summed E-state index contributed by atoms with van der Waals surface area (Å²) in [4.78, 5) is 16.8. The number of hydrogen-bond acceptors (Lipinski definition) is 2. The van der Waals surface area contributed by atoms with Crippen LogP contribution in [0.15, 0.2) is 36.4 Å². The van der Waals surface area contributed by atoms with Crippen molar-refractivity contribution in [2.45, 2.75) is 12.8 Å². The van der Waals surface area contributed by atoms with E-state index in [9.17, 15) is 9.18 Å². The predicted octanol–water partition coefficient (Wildman–Crippen LogP) is 2.80. The number of rotatable bonds is 3. The van der Waals surface area contributed by atoms with Gasteiger partial charge < -0.3 is 4.90 Å². The quantitative estimate of drug-likeness (QED) is 0.801. The Morgan fingerprint density at radius 1 is 1.13 bits per heavy atom. The zero-order valence-corrected chi connectivity index (χ0v) is 13.3. The van der Waals surface area contributed by atoms with Crippen LogP contribution in [0.2, 0.25) is 0 Å². The Bertz CT molecular complexity index is 622. The van der Waals surface area contributed by atoms with Gasteiger partial charge in [0.25, 0.3) is 5.91 Å². The number of amides is 1. The molecular formula is C19H23FN2O. The average molecular weight is 314 g/mol. The fraction of sp³-hybridized carbons (Fsp3) is 0.526. The Hall–Kier alpha value is -1.68. The first-order chi connectivity index (χ1) is 11.2. The molecule has 4 heteroatoms. The van der Waals surface area contributed by atoms with Crippen LogP contribution in [0.25, 0.3) is 0 Å². The topological polar surface area (TPSA) is 23.6 Å². The lowest BCUT2D eigenvalue weighted by molar-refractivity contribution is 0.0609. The van der Waals surface area contributed by atoms with Crippen LogP contribution in [0.1, 0.15) is 23.2 Å². The molecule has 3 nitrogen and oxygen atoms in total. The molecule has 122 valence electrons. The van der Waals surface area contributed by atoms with Crippen LogP contribution in [0, 0.1) is 23.6 Å². The smallest absolute Gasteiger partial charge is 0.254 e. The highest BCUT2D eigenvalue weighted by Gasteiger charge is 2.36.